The van der Waals surface area contributed by atoms with Crippen LogP contribution in [-0.4, -0.2) is 20.7 Å². The van der Waals surface area contributed by atoms with Crippen molar-refractivity contribution in [2.75, 3.05) is 0 Å². The van der Waals surface area contributed by atoms with Crippen LogP contribution in [0.25, 0.3) is 22.4 Å². The van der Waals surface area contributed by atoms with Crippen LogP contribution >= 0.6 is 11.5 Å². The molecule has 0 saturated heterocycles. The van der Waals surface area contributed by atoms with Crippen molar-refractivity contribution in [3.8, 4) is 22.4 Å². The highest BCUT2D eigenvalue weighted by atomic mass is 32.1. The van der Waals surface area contributed by atoms with Gasteiger partial charge in [0.1, 0.15) is 5.69 Å². The fraction of sp³-hybridized carbons (Fsp3) is 0.0625. The van der Waals surface area contributed by atoms with Crippen molar-refractivity contribution in [2.24, 2.45) is 0 Å². The zero-order valence-electron chi connectivity index (χ0n) is 11.3. The molecule has 1 aromatic heterocycles. The van der Waals surface area contributed by atoms with Gasteiger partial charge in [0, 0.05) is 10.9 Å². The lowest BCUT2D eigenvalue weighted by Crippen LogP contribution is -1.97. The quantitative estimate of drug-likeness (QED) is 0.796. The highest BCUT2D eigenvalue weighted by Gasteiger charge is 2.11. The van der Waals surface area contributed by atoms with E-state index < -0.39 is 5.97 Å². The molecule has 2 aromatic carbocycles. The highest BCUT2D eigenvalue weighted by molar-refractivity contribution is 7.03. The molecule has 0 bridgehead atoms. The average molecular weight is 296 g/mol. The van der Waals surface area contributed by atoms with Gasteiger partial charge in [0.2, 0.25) is 0 Å². The molecule has 0 saturated carbocycles. The molecular weight excluding hydrogens is 284 g/mol. The van der Waals surface area contributed by atoms with Crippen molar-refractivity contribution < 1.29 is 9.90 Å². The molecular formula is C16H12N2O2S. The summed E-state index contributed by atoms with van der Waals surface area (Å²) in [4.78, 5) is 11.3. The minimum Gasteiger partial charge on any atom is -0.478 e. The predicted molar refractivity (Wildman–Crippen MR) is 82.5 cm³/mol. The monoisotopic (exact) mass is 296 g/mol. The molecule has 0 fully saturated rings. The summed E-state index contributed by atoms with van der Waals surface area (Å²) in [5, 5.41) is 15.1. The molecule has 21 heavy (non-hydrogen) atoms. The molecule has 1 heterocycles. The van der Waals surface area contributed by atoms with Gasteiger partial charge in [-0.15, -0.1) is 5.10 Å². The Morgan fingerprint density at radius 1 is 1.05 bits per heavy atom. The Morgan fingerprint density at radius 2 is 1.76 bits per heavy atom. The van der Waals surface area contributed by atoms with E-state index in [0.29, 0.717) is 5.69 Å². The summed E-state index contributed by atoms with van der Waals surface area (Å²) in [6.45, 7) is 2.02. The third kappa shape index (κ3) is 2.83. The summed E-state index contributed by atoms with van der Waals surface area (Å²) in [5.74, 6) is -0.951. The topological polar surface area (TPSA) is 63.1 Å². The first kappa shape index (κ1) is 13.5. The van der Waals surface area contributed by atoms with E-state index in [1.165, 1.54) is 11.5 Å². The van der Waals surface area contributed by atoms with Gasteiger partial charge in [-0.1, -0.05) is 34.3 Å². The third-order valence-corrected chi connectivity index (χ3v) is 3.73. The number of aromatic carboxylic acids is 1. The molecule has 3 aromatic rings. The zero-order chi connectivity index (χ0) is 14.8. The van der Waals surface area contributed by atoms with Gasteiger partial charge in [-0.3, -0.25) is 0 Å². The first-order valence-electron chi connectivity index (χ1n) is 6.36. The SMILES string of the molecule is Cc1ccc(-c2cc(C(=O)O)cc(-c3csnn3)c2)cc1. The maximum atomic E-state index is 11.3. The summed E-state index contributed by atoms with van der Waals surface area (Å²) in [6, 6.07) is 13.2. The second kappa shape index (κ2) is 5.46. The van der Waals surface area contributed by atoms with Crippen LogP contribution in [0.4, 0.5) is 0 Å². The largest absolute Gasteiger partial charge is 0.478 e. The molecule has 0 unspecified atom stereocenters. The van der Waals surface area contributed by atoms with E-state index in [1.54, 1.807) is 17.5 Å². The summed E-state index contributed by atoms with van der Waals surface area (Å²) in [6.07, 6.45) is 0. The molecule has 0 amide bonds. The van der Waals surface area contributed by atoms with Gasteiger partial charge >= 0.3 is 5.97 Å². The lowest BCUT2D eigenvalue weighted by Gasteiger charge is -2.07. The van der Waals surface area contributed by atoms with Crippen molar-refractivity contribution in [1.29, 1.82) is 0 Å². The van der Waals surface area contributed by atoms with Gasteiger partial charge in [0.15, 0.2) is 0 Å². The predicted octanol–water partition coefficient (Wildman–Crippen LogP) is 3.88. The van der Waals surface area contributed by atoms with E-state index in [9.17, 15) is 9.90 Å². The Kier molecular flexibility index (Phi) is 3.50. The van der Waals surface area contributed by atoms with Gasteiger partial charge in [-0.2, -0.15) is 0 Å². The van der Waals surface area contributed by atoms with Gasteiger partial charge in [0.25, 0.3) is 0 Å². The molecule has 0 aliphatic carbocycles. The van der Waals surface area contributed by atoms with Gasteiger partial charge in [0.05, 0.1) is 5.56 Å². The maximum absolute atomic E-state index is 11.3. The van der Waals surface area contributed by atoms with Crippen LogP contribution in [0.15, 0.2) is 47.8 Å². The number of benzene rings is 2. The van der Waals surface area contributed by atoms with Crippen LogP contribution in [0.5, 0.6) is 0 Å². The van der Waals surface area contributed by atoms with Crippen LogP contribution in [0.3, 0.4) is 0 Å². The zero-order valence-corrected chi connectivity index (χ0v) is 12.1. The van der Waals surface area contributed by atoms with Crippen molar-refractivity contribution >= 4 is 17.5 Å². The molecule has 1 N–H and O–H groups in total. The van der Waals surface area contributed by atoms with Crippen LogP contribution in [0, 0.1) is 6.92 Å². The highest BCUT2D eigenvalue weighted by Crippen LogP contribution is 2.28. The molecule has 0 atom stereocenters. The van der Waals surface area contributed by atoms with E-state index in [1.807, 2.05) is 37.3 Å². The van der Waals surface area contributed by atoms with E-state index in [2.05, 4.69) is 9.59 Å². The molecule has 0 spiro atoms. The number of hydrogen-bond donors (Lipinski definition) is 1. The standard InChI is InChI=1S/C16H12N2O2S/c1-10-2-4-11(5-3-10)12-6-13(15-9-21-18-17-15)8-14(7-12)16(19)20/h2-9H,1H3,(H,19,20). The average Bonchev–Trinajstić information content (AvgIpc) is 3.02. The maximum Gasteiger partial charge on any atom is 0.335 e. The number of nitrogens with zero attached hydrogens (tertiary/aromatic N) is 2. The first-order chi connectivity index (χ1) is 10.1. The molecule has 104 valence electrons. The first-order valence-corrected chi connectivity index (χ1v) is 7.20. The van der Waals surface area contributed by atoms with Crippen LogP contribution < -0.4 is 0 Å². The second-order valence-electron chi connectivity index (χ2n) is 4.76. The normalized spacial score (nSPS) is 10.5. The number of carboxylic acids is 1. The summed E-state index contributed by atoms with van der Waals surface area (Å²) >= 11 is 1.24. The summed E-state index contributed by atoms with van der Waals surface area (Å²) < 4.78 is 3.83. The molecule has 0 aliphatic rings. The Hall–Kier alpha value is -2.53. The summed E-state index contributed by atoms with van der Waals surface area (Å²) in [7, 11) is 0. The number of aryl methyl sites for hydroxylation is 1. The molecule has 3 rings (SSSR count). The van der Waals surface area contributed by atoms with Crippen molar-refractivity contribution in [1.82, 2.24) is 9.59 Å². The number of carbonyl (C=O) groups is 1. The summed E-state index contributed by atoms with van der Waals surface area (Å²) in [5.41, 5.74) is 4.70. The van der Waals surface area contributed by atoms with Gasteiger partial charge in [-0.25, -0.2) is 4.79 Å². The second-order valence-corrected chi connectivity index (χ2v) is 5.37. The Bertz CT molecular complexity index is 781. The molecule has 4 nitrogen and oxygen atoms in total. The Morgan fingerprint density at radius 3 is 2.38 bits per heavy atom. The third-order valence-electron chi connectivity index (χ3n) is 3.22. The molecule has 0 aliphatic heterocycles. The van der Waals surface area contributed by atoms with E-state index in [-0.39, 0.29) is 5.56 Å². The molecule has 5 heteroatoms. The Labute approximate surface area is 125 Å². The Balaban J connectivity index is 2.16. The lowest BCUT2D eigenvalue weighted by atomic mass is 9.98. The van der Waals surface area contributed by atoms with E-state index in [0.717, 1.165) is 22.3 Å². The van der Waals surface area contributed by atoms with Crippen molar-refractivity contribution in [2.45, 2.75) is 6.92 Å². The van der Waals surface area contributed by atoms with E-state index >= 15 is 0 Å². The van der Waals surface area contributed by atoms with Gasteiger partial charge < -0.3 is 5.11 Å². The lowest BCUT2D eigenvalue weighted by molar-refractivity contribution is 0.0697. The van der Waals surface area contributed by atoms with Crippen molar-refractivity contribution in [3.63, 3.8) is 0 Å². The minimum absolute atomic E-state index is 0.246. The van der Waals surface area contributed by atoms with Crippen LogP contribution in [0.1, 0.15) is 15.9 Å². The number of carboxylic acid groups (broad SMARTS) is 1. The van der Waals surface area contributed by atoms with Crippen LogP contribution in [-0.2, 0) is 0 Å². The number of aromatic nitrogens is 2. The van der Waals surface area contributed by atoms with Crippen molar-refractivity contribution in [3.05, 3.63) is 59.0 Å². The fourth-order valence-electron chi connectivity index (χ4n) is 2.10. The minimum atomic E-state index is -0.951. The molecule has 0 radical (unpaired) electrons. The van der Waals surface area contributed by atoms with E-state index in [4.69, 9.17) is 0 Å². The smallest absolute Gasteiger partial charge is 0.335 e. The van der Waals surface area contributed by atoms with Crippen LogP contribution in [0.2, 0.25) is 0 Å². The number of rotatable bonds is 3. The number of hydrogen-bond acceptors (Lipinski definition) is 4. The fourth-order valence-corrected chi connectivity index (χ4v) is 2.57. The van der Waals surface area contributed by atoms with Gasteiger partial charge in [-0.05, 0) is 47.8 Å².